The number of benzene rings is 2. The van der Waals surface area contributed by atoms with Crippen LogP contribution < -0.4 is 10.6 Å². The Morgan fingerprint density at radius 1 is 1.04 bits per heavy atom. The van der Waals surface area contributed by atoms with E-state index >= 15 is 0 Å². The van der Waals surface area contributed by atoms with Gasteiger partial charge in [-0.05, 0) is 36.8 Å². The molecule has 0 fully saturated rings. The molecule has 0 atom stereocenters. The number of para-hydroxylation sites is 1. The summed E-state index contributed by atoms with van der Waals surface area (Å²) in [6, 6.07) is 16.4. The number of rotatable bonds is 6. The predicted molar refractivity (Wildman–Crippen MR) is 102 cm³/mol. The molecule has 0 aliphatic rings. The lowest BCUT2D eigenvalue weighted by molar-refractivity contribution is 0.626. The Kier molecular flexibility index (Phi) is 5.98. The van der Waals surface area contributed by atoms with E-state index in [9.17, 15) is 4.39 Å². The number of nitrogens with one attached hydrogen (secondary N) is 2. The van der Waals surface area contributed by atoms with Gasteiger partial charge in [-0.3, -0.25) is 0 Å². The summed E-state index contributed by atoms with van der Waals surface area (Å²) in [4.78, 5) is 4.59. The molecule has 0 radical (unpaired) electrons. The Bertz CT molecular complexity index is 840. The molecule has 1 heterocycles. The van der Waals surface area contributed by atoms with E-state index < -0.39 is 0 Å². The van der Waals surface area contributed by atoms with Crippen LogP contribution in [0.3, 0.4) is 0 Å². The van der Waals surface area contributed by atoms with Crippen molar-refractivity contribution in [2.24, 2.45) is 4.99 Å². The van der Waals surface area contributed by atoms with Crippen LogP contribution in [-0.4, -0.2) is 22.3 Å². The highest BCUT2D eigenvalue weighted by atomic mass is 19.1. The lowest BCUT2D eigenvalue weighted by atomic mass is 10.2. The zero-order valence-corrected chi connectivity index (χ0v) is 14.7. The molecule has 0 saturated heterocycles. The SMILES string of the molecule is CCNC(=NCc1cnn(-c2ccccc2)c1)NCc1ccc(F)cc1. The van der Waals surface area contributed by atoms with Crippen molar-refractivity contribution in [1.82, 2.24) is 20.4 Å². The van der Waals surface area contributed by atoms with Gasteiger partial charge in [0, 0.05) is 24.8 Å². The molecule has 5 nitrogen and oxygen atoms in total. The third-order valence-corrected chi connectivity index (χ3v) is 3.79. The zero-order chi connectivity index (χ0) is 18.2. The molecule has 0 unspecified atom stereocenters. The van der Waals surface area contributed by atoms with Crippen molar-refractivity contribution in [3.63, 3.8) is 0 Å². The number of aliphatic imine (C=N–C) groups is 1. The van der Waals surface area contributed by atoms with Gasteiger partial charge < -0.3 is 10.6 Å². The summed E-state index contributed by atoms with van der Waals surface area (Å²) in [5.74, 6) is 0.481. The largest absolute Gasteiger partial charge is 0.357 e. The van der Waals surface area contributed by atoms with Gasteiger partial charge >= 0.3 is 0 Å². The number of nitrogens with zero attached hydrogens (tertiary/aromatic N) is 3. The normalized spacial score (nSPS) is 11.4. The Labute approximate surface area is 152 Å². The minimum atomic E-state index is -0.232. The number of guanidine groups is 1. The Morgan fingerprint density at radius 3 is 2.54 bits per heavy atom. The topological polar surface area (TPSA) is 54.2 Å². The van der Waals surface area contributed by atoms with Crippen molar-refractivity contribution < 1.29 is 4.39 Å². The quantitative estimate of drug-likeness (QED) is 0.529. The van der Waals surface area contributed by atoms with Crippen molar-refractivity contribution in [3.8, 4) is 5.69 Å². The van der Waals surface area contributed by atoms with Crippen LogP contribution >= 0.6 is 0 Å². The first-order chi connectivity index (χ1) is 12.7. The van der Waals surface area contributed by atoms with Crippen molar-refractivity contribution in [3.05, 3.63) is 83.9 Å². The summed E-state index contributed by atoms with van der Waals surface area (Å²) < 4.78 is 14.8. The van der Waals surface area contributed by atoms with Crippen LogP contribution in [0.5, 0.6) is 0 Å². The molecule has 26 heavy (non-hydrogen) atoms. The minimum absolute atomic E-state index is 0.232. The van der Waals surface area contributed by atoms with Crippen LogP contribution in [0, 0.1) is 5.82 Å². The standard InChI is InChI=1S/C20H22FN5/c1-2-22-20(23-12-16-8-10-18(21)11-9-16)24-13-17-14-25-26(15-17)19-6-4-3-5-7-19/h3-11,14-15H,2,12-13H2,1H3,(H2,22,23,24). The van der Waals surface area contributed by atoms with Crippen molar-refractivity contribution in [2.75, 3.05) is 6.54 Å². The first kappa shape index (κ1) is 17.7. The first-order valence-electron chi connectivity index (χ1n) is 8.60. The van der Waals surface area contributed by atoms with Gasteiger partial charge in [0.2, 0.25) is 0 Å². The fourth-order valence-electron chi connectivity index (χ4n) is 2.46. The predicted octanol–water partition coefficient (Wildman–Crippen LogP) is 3.27. The second kappa shape index (κ2) is 8.80. The molecule has 0 spiro atoms. The Morgan fingerprint density at radius 2 is 1.81 bits per heavy atom. The van der Waals surface area contributed by atoms with Gasteiger partial charge in [0.15, 0.2) is 5.96 Å². The fraction of sp³-hybridized carbons (Fsp3) is 0.200. The molecular formula is C20H22FN5. The first-order valence-corrected chi connectivity index (χ1v) is 8.60. The summed E-state index contributed by atoms with van der Waals surface area (Å²) in [6.07, 6.45) is 3.79. The van der Waals surface area contributed by atoms with Crippen LogP contribution in [-0.2, 0) is 13.1 Å². The van der Waals surface area contributed by atoms with E-state index in [0.717, 1.165) is 23.4 Å². The smallest absolute Gasteiger partial charge is 0.191 e. The van der Waals surface area contributed by atoms with Crippen LogP contribution in [0.2, 0.25) is 0 Å². The lowest BCUT2D eigenvalue weighted by Gasteiger charge is -2.11. The maximum atomic E-state index is 13.0. The molecule has 1 aromatic heterocycles. The van der Waals surface area contributed by atoms with E-state index in [0.29, 0.717) is 19.0 Å². The maximum absolute atomic E-state index is 13.0. The highest BCUT2D eigenvalue weighted by Gasteiger charge is 2.02. The molecule has 0 aliphatic carbocycles. The highest BCUT2D eigenvalue weighted by molar-refractivity contribution is 5.79. The van der Waals surface area contributed by atoms with Crippen molar-refractivity contribution in [1.29, 1.82) is 0 Å². The summed E-state index contributed by atoms with van der Waals surface area (Å²) >= 11 is 0. The Hall–Kier alpha value is -3.15. The van der Waals surface area contributed by atoms with E-state index in [2.05, 4.69) is 20.7 Å². The van der Waals surface area contributed by atoms with Gasteiger partial charge in [-0.2, -0.15) is 5.10 Å². The molecule has 2 aromatic carbocycles. The minimum Gasteiger partial charge on any atom is -0.357 e. The molecular weight excluding hydrogens is 329 g/mol. The number of aromatic nitrogens is 2. The van der Waals surface area contributed by atoms with Gasteiger partial charge in [0.25, 0.3) is 0 Å². The van der Waals surface area contributed by atoms with Crippen LogP contribution in [0.1, 0.15) is 18.1 Å². The molecule has 0 aliphatic heterocycles. The van der Waals surface area contributed by atoms with Gasteiger partial charge in [-0.15, -0.1) is 0 Å². The second-order valence-electron chi connectivity index (χ2n) is 5.80. The summed E-state index contributed by atoms with van der Waals surface area (Å²) in [5, 5.41) is 10.8. The maximum Gasteiger partial charge on any atom is 0.191 e. The molecule has 0 bridgehead atoms. The molecule has 2 N–H and O–H groups in total. The van der Waals surface area contributed by atoms with E-state index in [1.54, 1.807) is 12.1 Å². The van der Waals surface area contributed by atoms with Gasteiger partial charge in [-0.25, -0.2) is 14.1 Å². The summed E-state index contributed by atoms with van der Waals surface area (Å²) in [7, 11) is 0. The van der Waals surface area contributed by atoms with Crippen molar-refractivity contribution >= 4 is 5.96 Å². The number of halogens is 1. The van der Waals surface area contributed by atoms with E-state index in [1.165, 1.54) is 12.1 Å². The number of hydrogen-bond donors (Lipinski definition) is 2. The van der Waals surface area contributed by atoms with E-state index in [-0.39, 0.29) is 5.82 Å². The van der Waals surface area contributed by atoms with Gasteiger partial charge in [0.1, 0.15) is 5.82 Å². The molecule has 0 saturated carbocycles. The monoisotopic (exact) mass is 351 g/mol. The average Bonchev–Trinajstić information content (AvgIpc) is 3.15. The van der Waals surface area contributed by atoms with E-state index in [4.69, 9.17) is 0 Å². The number of hydrogen-bond acceptors (Lipinski definition) is 2. The van der Waals surface area contributed by atoms with Crippen LogP contribution in [0.25, 0.3) is 5.69 Å². The lowest BCUT2D eigenvalue weighted by Crippen LogP contribution is -2.36. The fourth-order valence-corrected chi connectivity index (χ4v) is 2.46. The molecule has 0 amide bonds. The van der Waals surface area contributed by atoms with Gasteiger partial charge in [0.05, 0.1) is 18.4 Å². The summed E-state index contributed by atoms with van der Waals surface area (Å²) in [6.45, 7) is 3.88. The van der Waals surface area contributed by atoms with Crippen molar-refractivity contribution in [2.45, 2.75) is 20.0 Å². The van der Waals surface area contributed by atoms with Crippen LogP contribution in [0.15, 0.2) is 72.0 Å². The third kappa shape index (κ3) is 4.92. The summed E-state index contributed by atoms with van der Waals surface area (Å²) in [5.41, 5.74) is 3.03. The van der Waals surface area contributed by atoms with Gasteiger partial charge in [-0.1, -0.05) is 30.3 Å². The highest BCUT2D eigenvalue weighted by Crippen LogP contribution is 2.08. The van der Waals surface area contributed by atoms with E-state index in [1.807, 2.05) is 54.3 Å². The zero-order valence-electron chi connectivity index (χ0n) is 14.7. The third-order valence-electron chi connectivity index (χ3n) is 3.79. The van der Waals surface area contributed by atoms with Crippen LogP contribution in [0.4, 0.5) is 4.39 Å². The molecule has 6 heteroatoms. The second-order valence-corrected chi connectivity index (χ2v) is 5.80. The average molecular weight is 351 g/mol. The molecule has 3 rings (SSSR count). The molecule has 134 valence electrons. The Balaban J connectivity index is 1.62. The molecule has 3 aromatic rings.